The highest BCUT2D eigenvalue weighted by molar-refractivity contribution is 7.45. The van der Waals surface area contributed by atoms with E-state index < -0.39 is 39.1 Å². The minimum atomic E-state index is -2.09. The Bertz CT molecular complexity index is 342. The molecule has 1 fully saturated rings. The highest BCUT2D eigenvalue weighted by atomic mass is 31.2. The second-order valence-electron chi connectivity index (χ2n) is 4.45. The molecule has 0 saturated carbocycles. The van der Waals surface area contributed by atoms with Crippen LogP contribution in [0.5, 0.6) is 0 Å². The molecule has 0 radical (unpaired) electrons. The van der Waals surface area contributed by atoms with Gasteiger partial charge in [-0.3, -0.25) is 0 Å². The fourth-order valence-electron chi connectivity index (χ4n) is 1.89. The fraction of sp³-hybridized carbons (Fsp3) is 0.857. The van der Waals surface area contributed by atoms with Crippen molar-refractivity contribution in [1.29, 1.82) is 0 Å². The standard InChI is InChI=1S/C12H21O7P.C2H6/c1-2-3-4-6-18-12-11(15)10(14)9(13)8(19-12)5-7-20(16)17;1-2/h8-17H,4-7H2,1H3;1-2H3/t8?,9-,10?,11?,12+;/m1./s1. The van der Waals surface area contributed by atoms with Crippen molar-refractivity contribution in [1.82, 2.24) is 0 Å². The Labute approximate surface area is 132 Å². The molecule has 0 bridgehead atoms. The maximum atomic E-state index is 9.78. The largest absolute Gasteiger partial charge is 0.388 e. The summed E-state index contributed by atoms with van der Waals surface area (Å²) < 4.78 is 10.7. The summed E-state index contributed by atoms with van der Waals surface area (Å²) in [5.41, 5.74) is 0. The van der Waals surface area contributed by atoms with E-state index in [1.165, 1.54) is 0 Å². The summed E-state index contributed by atoms with van der Waals surface area (Å²) in [7, 11) is -2.09. The van der Waals surface area contributed by atoms with Gasteiger partial charge in [0, 0.05) is 12.6 Å². The predicted molar refractivity (Wildman–Crippen MR) is 82.9 cm³/mol. The maximum absolute atomic E-state index is 9.78. The zero-order valence-corrected chi connectivity index (χ0v) is 14.1. The summed E-state index contributed by atoms with van der Waals surface area (Å²) in [5, 5.41) is 29.3. The van der Waals surface area contributed by atoms with E-state index in [4.69, 9.17) is 19.3 Å². The van der Waals surface area contributed by atoms with Crippen LogP contribution in [-0.2, 0) is 9.47 Å². The van der Waals surface area contributed by atoms with Crippen molar-refractivity contribution < 1.29 is 34.6 Å². The highest BCUT2D eigenvalue weighted by Crippen LogP contribution is 2.29. The molecule has 130 valence electrons. The smallest absolute Gasteiger partial charge is 0.186 e. The molecule has 7 nitrogen and oxygen atoms in total. The quantitative estimate of drug-likeness (QED) is 0.261. The van der Waals surface area contributed by atoms with Gasteiger partial charge in [0.2, 0.25) is 0 Å². The van der Waals surface area contributed by atoms with E-state index in [9.17, 15) is 15.3 Å². The minimum Gasteiger partial charge on any atom is -0.388 e. The second-order valence-corrected chi connectivity index (χ2v) is 5.64. The van der Waals surface area contributed by atoms with Crippen LogP contribution in [0.3, 0.4) is 0 Å². The Balaban J connectivity index is 0.00000211. The first-order valence-electron chi connectivity index (χ1n) is 7.33. The van der Waals surface area contributed by atoms with Crippen molar-refractivity contribution >= 4 is 8.38 Å². The number of rotatable bonds is 6. The van der Waals surface area contributed by atoms with Crippen LogP contribution in [0.4, 0.5) is 0 Å². The molecule has 22 heavy (non-hydrogen) atoms. The van der Waals surface area contributed by atoms with Crippen LogP contribution in [0.1, 0.15) is 33.6 Å². The Kier molecular flexibility index (Phi) is 12.0. The molecule has 1 saturated heterocycles. The van der Waals surface area contributed by atoms with Crippen molar-refractivity contribution in [2.75, 3.05) is 12.8 Å². The molecule has 0 aromatic carbocycles. The average molecular weight is 338 g/mol. The minimum absolute atomic E-state index is 0.0495. The summed E-state index contributed by atoms with van der Waals surface area (Å²) in [6.07, 6.45) is -5.28. The van der Waals surface area contributed by atoms with Crippen LogP contribution >= 0.6 is 8.38 Å². The number of ether oxygens (including phenoxy) is 2. The van der Waals surface area contributed by atoms with Gasteiger partial charge in [-0.25, -0.2) is 0 Å². The summed E-state index contributed by atoms with van der Waals surface area (Å²) >= 11 is 0. The average Bonchev–Trinajstić information content (AvgIpc) is 2.52. The summed E-state index contributed by atoms with van der Waals surface area (Å²) in [4.78, 5) is 17.8. The SMILES string of the molecule is CC.CC#CCCO[C@H]1OC(CCP(O)O)[C@@H](O)C(O)C1O. The zero-order chi connectivity index (χ0) is 17.1. The van der Waals surface area contributed by atoms with Crippen molar-refractivity contribution in [3.63, 3.8) is 0 Å². The lowest BCUT2D eigenvalue weighted by molar-refractivity contribution is -0.296. The van der Waals surface area contributed by atoms with E-state index >= 15 is 0 Å². The number of aliphatic hydroxyl groups excluding tert-OH is 3. The van der Waals surface area contributed by atoms with Crippen molar-refractivity contribution in [3.8, 4) is 11.8 Å². The first-order valence-corrected chi connectivity index (χ1v) is 8.76. The lowest BCUT2D eigenvalue weighted by Gasteiger charge is -2.40. The van der Waals surface area contributed by atoms with Gasteiger partial charge in [-0.15, -0.1) is 11.8 Å². The van der Waals surface area contributed by atoms with E-state index in [1.807, 2.05) is 13.8 Å². The Morgan fingerprint density at radius 1 is 1.09 bits per heavy atom. The monoisotopic (exact) mass is 338 g/mol. The van der Waals surface area contributed by atoms with Gasteiger partial charge in [0.1, 0.15) is 18.3 Å². The van der Waals surface area contributed by atoms with Crippen molar-refractivity contribution in [2.24, 2.45) is 0 Å². The van der Waals surface area contributed by atoms with Crippen molar-refractivity contribution in [3.05, 3.63) is 0 Å². The van der Waals surface area contributed by atoms with Gasteiger partial charge in [-0.05, 0) is 13.3 Å². The molecule has 0 aromatic heterocycles. The highest BCUT2D eigenvalue weighted by Gasteiger charge is 2.44. The van der Waals surface area contributed by atoms with Crippen LogP contribution in [0.15, 0.2) is 0 Å². The molecule has 0 aromatic rings. The van der Waals surface area contributed by atoms with Gasteiger partial charge in [0.15, 0.2) is 14.7 Å². The molecule has 1 aliphatic heterocycles. The molecule has 0 aliphatic carbocycles. The number of hydrogen-bond donors (Lipinski definition) is 5. The zero-order valence-electron chi connectivity index (χ0n) is 13.2. The van der Waals surface area contributed by atoms with Gasteiger partial charge in [-0.1, -0.05) is 13.8 Å². The number of aliphatic hydroxyl groups is 3. The summed E-state index contributed by atoms with van der Waals surface area (Å²) in [6.45, 7) is 5.93. The van der Waals surface area contributed by atoms with Crippen LogP contribution in [0.2, 0.25) is 0 Å². The first-order chi connectivity index (χ1) is 10.5. The molecular formula is C14H27O7P. The van der Waals surface area contributed by atoms with Crippen LogP contribution in [0.25, 0.3) is 0 Å². The number of hydrogen-bond acceptors (Lipinski definition) is 7. The van der Waals surface area contributed by atoms with E-state index in [-0.39, 0.29) is 19.2 Å². The predicted octanol–water partition coefficient (Wildman–Crippen LogP) is -0.0632. The van der Waals surface area contributed by atoms with E-state index in [0.717, 1.165) is 0 Å². The Morgan fingerprint density at radius 3 is 2.27 bits per heavy atom. The van der Waals surface area contributed by atoms with E-state index in [2.05, 4.69) is 11.8 Å². The lowest BCUT2D eigenvalue weighted by atomic mass is 9.97. The Morgan fingerprint density at radius 2 is 1.73 bits per heavy atom. The first kappa shape index (κ1) is 21.7. The van der Waals surface area contributed by atoms with Crippen LogP contribution in [0, 0.1) is 11.8 Å². The topological polar surface area (TPSA) is 120 Å². The van der Waals surface area contributed by atoms with E-state index in [0.29, 0.717) is 6.42 Å². The molecule has 1 rings (SSSR count). The molecule has 3 unspecified atom stereocenters. The summed E-state index contributed by atoms with van der Waals surface area (Å²) in [6, 6.07) is 0. The molecule has 0 amide bonds. The molecule has 1 heterocycles. The molecule has 0 spiro atoms. The molecule has 5 N–H and O–H groups in total. The third-order valence-corrected chi connectivity index (χ3v) is 3.63. The van der Waals surface area contributed by atoms with Gasteiger partial charge in [0.05, 0.1) is 12.7 Å². The summed E-state index contributed by atoms with van der Waals surface area (Å²) in [5.74, 6) is 5.48. The molecule has 5 atom stereocenters. The lowest BCUT2D eigenvalue weighted by Crippen LogP contribution is -2.58. The maximum Gasteiger partial charge on any atom is 0.186 e. The molecular weight excluding hydrogens is 311 g/mol. The van der Waals surface area contributed by atoms with Crippen molar-refractivity contribution in [2.45, 2.75) is 64.3 Å². The third-order valence-electron chi connectivity index (χ3n) is 2.97. The fourth-order valence-corrected chi connectivity index (χ4v) is 2.37. The van der Waals surface area contributed by atoms with Gasteiger partial charge < -0.3 is 34.6 Å². The van der Waals surface area contributed by atoms with Gasteiger partial charge in [-0.2, -0.15) is 0 Å². The van der Waals surface area contributed by atoms with Crippen LogP contribution in [-0.4, -0.2) is 68.6 Å². The van der Waals surface area contributed by atoms with Crippen LogP contribution < -0.4 is 0 Å². The van der Waals surface area contributed by atoms with E-state index in [1.54, 1.807) is 6.92 Å². The second kappa shape index (κ2) is 12.2. The van der Waals surface area contributed by atoms with Gasteiger partial charge in [0.25, 0.3) is 0 Å². The normalized spacial score (nSPS) is 31.0. The van der Waals surface area contributed by atoms with Gasteiger partial charge >= 0.3 is 0 Å². The third kappa shape index (κ3) is 7.32. The Hall–Kier alpha value is -0.290. The molecule has 1 aliphatic rings. The molecule has 8 heteroatoms.